The van der Waals surface area contributed by atoms with E-state index in [9.17, 15) is 9.90 Å². The van der Waals surface area contributed by atoms with E-state index in [1.165, 1.54) is 0 Å². The van der Waals surface area contributed by atoms with Gasteiger partial charge in [-0.05, 0) is 48.2 Å². The molecule has 1 saturated heterocycles. The third-order valence-corrected chi connectivity index (χ3v) is 4.22. The second-order valence-corrected chi connectivity index (χ2v) is 6.11. The van der Waals surface area contributed by atoms with Crippen LogP contribution in [0.15, 0.2) is 48.8 Å². The van der Waals surface area contributed by atoms with E-state index < -0.39 is 0 Å². The molecule has 1 atom stereocenters. The summed E-state index contributed by atoms with van der Waals surface area (Å²) in [7, 11) is 0. The second-order valence-electron chi connectivity index (χ2n) is 6.11. The molecule has 5 heteroatoms. The lowest BCUT2D eigenvalue weighted by Crippen LogP contribution is -2.37. The lowest BCUT2D eigenvalue weighted by Gasteiger charge is -2.26. The first-order valence-electron chi connectivity index (χ1n) is 8.27. The quantitative estimate of drug-likeness (QED) is 0.886. The highest BCUT2D eigenvalue weighted by Gasteiger charge is 2.23. The predicted octanol–water partition coefficient (Wildman–Crippen LogP) is 2.54. The number of carbonyl (C=O) groups excluding carboxylic acids is 1. The van der Waals surface area contributed by atoms with Crippen molar-refractivity contribution < 1.29 is 14.6 Å². The minimum Gasteiger partial charge on any atom is -0.508 e. The Kier molecular flexibility index (Phi) is 5.43. The number of aromatic nitrogens is 1. The number of benzene rings is 1. The second kappa shape index (κ2) is 7.93. The van der Waals surface area contributed by atoms with Crippen LogP contribution in [0.3, 0.4) is 0 Å². The molecule has 3 rings (SSSR count). The lowest BCUT2D eigenvalue weighted by atomic mass is 10.1. The minimum atomic E-state index is 0.0630. The topological polar surface area (TPSA) is 62.7 Å². The van der Waals surface area contributed by atoms with Crippen molar-refractivity contribution in [1.82, 2.24) is 9.88 Å². The Labute approximate surface area is 141 Å². The Bertz CT molecular complexity index is 652. The zero-order valence-electron chi connectivity index (χ0n) is 13.6. The molecule has 2 heterocycles. The number of phenols is 1. The van der Waals surface area contributed by atoms with Gasteiger partial charge in [0.1, 0.15) is 5.75 Å². The summed E-state index contributed by atoms with van der Waals surface area (Å²) < 4.78 is 5.70. The van der Waals surface area contributed by atoms with Crippen LogP contribution in [0.5, 0.6) is 5.75 Å². The zero-order valence-corrected chi connectivity index (χ0v) is 13.6. The van der Waals surface area contributed by atoms with Gasteiger partial charge in [0.2, 0.25) is 5.91 Å². The number of rotatable bonds is 6. The van der Waals surface area contributed by atoms with Crippen LogP contribution in [-0.2, 0) is 22.5 Å². The number of carbonyl (C=O) groups is 1. The first kappa shape index (κ1) is 16.5. The van der Waals surface area contributed by atoms with Crippen molar-refractivity contribution in [2.24, 2.45) is 0 Å². The molecule has 1 N–H and O–H groups in total. The molecule has 1 amide bonds. The first-order valence-corrected chi connectivity index (χ1v) is 8.27. The van der Waals surface area contributed by atoms with E-state index in [2.05, 4.69) is 4.98 Å². The minimum absolute atomic E-state index is 0.0630. The Balaban J connectivity index is 1.69. The molecule has 1 aromatic carbocycles. The molecule has 1 aromatic heterocycles. The summed E-state index contributed by atoms with van der Waals surface area (Å²) >= 11 is 0. The van der Waals surface area contributed by atoms with Gasteiger partial charge < -0.3 is 14.7 Å². The monoisotopic (exact) mass is 326 g/mol. The van der Waals surface area contributed by atoms with Gasteiger partial charge in [-0.2, -0.15) is 0 Å². The van der Waals surface area contributed by atoms with Gasteiger partial charge in [-0.25, -0.2) is 0 Å². The van der Waals surface area contributed by atoms with Crippen LogP contribution < -0.4 is 0 Å². The maximum absolute atomic E-state index is 12.8. The molecule has 5 nitrogen and oxygen atoms in total. The molecule has 24 heavy (non-hydrogen) atoms. The van der Waals surface area contributed by atoms with Gasteiger partial charge in [0.15, 0.2) is 0 Å². The van der Waals surface area contributed by atoms with Crippen molar-refractivity contribution in [1.29, 1.82) is 0 Å². The average Bonchev–Trinajstić information content (AvgIpc) is 3.10. The summed E-state index contributed by atoms with van der Waals surface area (Å²) in [4.78, 5) is 18.7. The molecule has 0 bridgehead atoms. The van der Waals surface area contributed by atoms with Crippen LogP contribution in [0.25, 0.3) is 0 Å². The van der Waals surface area contributed by atoms with Gasteiger partial charge >= 0.3 is 0 Å². The number of nitrogens with zero attached hydrogens (tertiary/aromatic N) is 2. The van der Waals surface area contributed by atoms with Crippen LogP contribution in [0, 0.1) is 0 Å². The van der Waals surface area contributed by atoms with E-state index in [-0.39, 0.29) is 17.8 Å². The van der Waals surface area contributed by atoms with Gasteiger partial charge in [0.25, 0.3) is 0 Å². The summed E-state index contributed by atoms with van der Waals surface area (Å²) in [6.45, 7) is 1.94. The largest absolute Gasteiger partial charge is 0.508 e. The third kappa shape index (κ3) is 4.55. The van der Waals surface area contributed by atoms with Crippen molar-refractivity contribution in [3.05, 3.63) is 59.9 Å². The number of hydrogen-bond donors (Lipinski definition) is 1. The van der Waals surface area contributed by atoms with Crippen LogP contribution in [0.2, 0.25) is 0 Å². The summed E-state index contributed by atoms with van der Waals surface area (Å²) in [5, 5.41) is 9.37. The summed E-state index contributed by atoms with van der Waals surface area (Å²) in [5.74, 6) is 0.271. The third-order valence-electron chi connectivity index (χ3n) is 4.22. The number of aromatic hydroxyl groups is 1. The predicted molar refractivity (Wildman–Crippen MR) is 90.4 cm³/mol. The number of hydrogen-bond acceptors (Lipinski definition) is 4. The zero-order chi connectivity index (χ0) is 16.8. The molecule has 0 aliphatic carbocycles. The molecule has 126 valence electrons. The average molecular weight is 326 g/mol. The smallest absolute Gasteiger partial charge is 0.227 e. The highest BCUT2D eigenvalue weighted by molar-refractivity contribution is 5.78. The van der Waals surface area contributed by atoms with Gasteiger partial charge in [-0.1, -0.05) is 12.1 Å². The molecular weight excluding hydrogens is 304 g/mol. The maximum atomic E-state index is 12.8. The lowest BCUT2D eigenvalue weighted by molar-refractivity contribution is -0.132. The van der Waals surface area contributed by atoms with Crippen molar-refractivity contribution in [3.63, 3.8) is 0 Å². The van der Waals surface area contributed by atoms with E-state index in [4.69, 9.17) is 4.74 Å². The van der Waals surface area contributed by atoms with Gasteiger partial charge in [0, 0.05) is 32.1 Å². The normalized spacial score (nSPS) is 16.9. The van der Waals surface area contributed by atoms with E-state index >= 15 is 0 Å². The van der Waals surface area contributed by atoms with Crippen molar-refractivity contribution in [3.8, 4) is 5.75 Å². The van der Waals surface area contributed by atoms with Crippen molar-refractivity contribution in [2.45, 2.75) is 31.9 Å². The SMILES string of the molecule is O=C(Cc1ccc(O)cc1)N(Cc1ccncc1)CC1CCCO1. The van der Waals surface area contributed by atoms with Crippen molar-refractivity contribution >= 4 is 5.91 Å². The summed E-state index contributed by atoms with van der Waals surface area (Å²) in [6.07, 6.45) is 5.97. The molecule has 0 saturated carbocycles. The molecule has 0 spiro atoms. The highest BCUT2D eigenvalue weighted by Crippen LogP contribution is 2.17. The molecule has 2 aromatic rings. The summed E-state index contributed by atoms with van der Waals surface area (Å²) in [6, 6.07) is 10.6. The van der Waals surface area contributed by atoms with E-state index in [0.717, 1.165) is 30.6 Å². The molecule has 1 unspecified atom stereocenters. The van der Waals surface area contributed by atoms with Crippen molar-refractivity contribution in [2.75, 3.05) is 13.2 Å². The van der Waals surface area contributed by atoms with Crippen LogP contribution in [-0.4, -0.2) is 40.2 Å². The fourth-order valence-electron chi connectivity index (χ4n) is 2.90. The van der Waals surface area contributed by atoms with E-state index in [0.29, 0.717) is 19.5 Å². The molecule has 0 radical (unpaired) electrons. The van der Waals surface area contributed by atoms with E-state index in [1.54, 1.807) is 36.7 Å². The fraction of sp³-hybridized carbons (Fsp3) is 0.368. The number of ether oxygens (including phenoxy) is 1. The van der Waals surface area contributed by atoms with Crippen LogP contribution >= 0.6 is 0 Å². The number of pyridine rings is 1. The summed E-state index contributed by atoms with van der Waals surface area (Å²) in [5.41, 5.74) is 1.95. The Morgan fingerprint density at radius 2 is 1.92 bits per heavy atom. The maximum Gasteiger partial charge on any atom is 0.227 e. The number of amides is 1. The Morgan fingerprint density at radius 3 is 2.58 bits per heavy atom. The fourth-order valence-corrected chi connectivity index (χ4v) is 2.90. The Hall–Kier alpha value is -2.40. The molecule has 1 aliphatic heterocycles. The number of phenolic OH excluding ortho intramolecular Hbond substituents is 1. The van der Waals surface area contributed by atoms with Gasteiger partial charge in [-0.3, -0.25) is 9.78 Å². The molecule has 1 fully saturated rings. The Morgan fingerprint density at radius 1 is 1.17 bits per heavy atom. The standard InChI is InChI=1S/C19H22N2O3/c22-17-5-3-15(4-6-17)12-19(23)21(14-18-2-1-11-24-18)13-16-7-9-20-10-8-16/h3-10,18,22H,1-2,11-14H2. The highest BCUT2D eigenvalue weighted by atomic mass is 16.5. The molecule has 1 aliphatic rings. The molecular formula is C19H22N2O3. The van der Waals surface area contributed by atoms with Gasteiger partial charge in [-0.15, -0.1) is 0 Å². The van der Waals surface area contributed by atoms with Crippen LogP contribution in [0.4, 0.5) is 0 Å². The van der Waals surface area contributed by atoms with Gasteiger partial charge in [0.05, 0.1) is 12.5 Å². The van der Waals surface area contributed by atoms with E-state index in [1.807, 2.05) is 17.0 Å². The van der Waals surface area contributed by atoms with Crippen LogP contribution in [0.1, 0.15) is 24.0 Å². The first-order chi connectivity index (χ1) is 11.7.